The summed E-state index contributed by atoms with van der Waals surface area (Å²) in [6.07, 6.45) is 1.10. The van der Waals surface area contributed by atoms with Crippen LogP contribution in [0.5, 0.6) is 0 Å². The molecule has 0 aliphatic heterocycles. The quantitative estimate of drug-likeness (QED) is 0.336. The van der Waals surface area contributed by atoms with E-state index < -0.39 is 27.2 Å². The van der Waals surface area contributed by atoms with E-state index in [1.54, 1.807) is 0 Å². The number of unbranched alkanes of at least 4 members (excludes halogenated alkanes) is 2. The summed E-state index contributed by atoms with van der Waals surface area (Å²) >= 11 is 0. The average Bonchev–Trinajstić information content (AvgIpc) is 2.11. The Kier molecular flexibility index (Phi) is 11.7. The third-order valence-corrected chi connectivity index (χ3v) is 3.64. The van der Waals surface area contributed by atoms with E-state index in [1.165, 1.54) is 6.66 Å². The van der Waals surface area contributed by atoms with Gasteiger partial charge in [0.2, 0.25) is 5.91 Å². The molecule has 1 unspecified atom stereocenters. The third kappa shape index (κ3) is 17.1. The third-order valence-electron chi connectivity index (χ3n) is 1.95. The first-order valence-corrected chi connectivity index (χ1v) is 9.19. The Bertz CT molecular complexity index is 338. The number of nitrogens with one attached hydrogen (secondary N) is 1. The summed E-state index contributed by atoms with van der Waals surface area (Å²) in [5, 5.41) is 2.00. The van der Waals surface area contributed by atoms with Gasteiger partial charge in [-0.2, -0.15) is 0 Å². The minimum absolute atomic E-state index is 0. The number of hydrogen-bond donors (Lipinski definition) is 2. The van der Waals surface area contributed by atoms with Crippen LogP contribution < -0.4 is 15.1 Å². The van der Waals surface area contributed by atoms with Crippen LogP contribution in [0.25, 0.3) is 0 Å². The second-order valence-corrected chi connectivity index (χ2v) is 8.04. The van der Waals surface area contributed by atoms with Gasteiger partial charge in [0.1, 0.15) is 0 Å². The predicted molar refractivity (Wildman–Crippen MR) is 65.5 cm³/mol. The summed E-state index contributed by atoms with van der Waals surface area (Å²) in [5.41, 5.74) is 0. The molecule has 0 bridgehead atoms. The summed E-state index contributed by atoms with van der Waals surface area (Å²) in [6.45, 7) is 1.28. The average molecular weight is 325 g/mol. The van der Waals surface area contributed by atoms with E-state index in [-0.39, 0.29) is 50.3 Å². The van der Waals surface area contributed by atoms with Crippen molar-refractivity contribution < 1.29 is 28.6 Å². The molecule has 0 aliphatic rings. The van der Waals surface area contributed by atoms with Gasteiger partial charge in [-0.15, -0.1) is 0 Å². The SMILES string of the molecule is CP(=O)(O)CCCCCC(=O)NCP(=O)([O-])[O-].[Ca+2]. The Morgan fingerprint density at radius 3 is 2.22 bits per heavy atom. The van der Waals surface area contributed by atoms with Gasteiger partial charge >= 0.3 is 37.7 Å². The number of amides is 1. The predicted octanol–water partition coefficient (Wildman–Crippen LogP) is -0.946. The molecule has 102 valence electrons. The topological polar surface area (TPSA) is 130 Å². The van der Waals surface area contributed by atoms with Crippen molar-refractivity contribution in [3.8, 4) is 0 Å². The van der Waals surface area contributed by atoms with E-state index in [0.29, 0.717) is 19.3 Å². The fourth-order valence-electron chi connectivity index (χ4n) is 1.14. The Morgan fingerprint density at radius 2 is 1.78 bits per heavy atom. The van der Waals surface area contributed by atoms with Gasteiger partial charge in [-0.05, 0) is 20.4 Å². The first kappa shape index (κ1) is 21.4. The summed E-state index contributed by atoms with van der Waals surface area (Å²) in [4.78, 5) is 40.5. The molecule has 1 atom stereocenters. The van der Waals surface area contributed by atoms with Gasteiger partial charge < -0.3 is 24.6 Å². The van der Waals surface area contributed by atoms with Crippen LogP contribution in [-0.4, -0.2) is 67.7 Å². The zero-order valence-corrected chi connectivity index (χ0v) is 14.3. The van der Waals surface area contributed by atoms with Gasteiger partial charge in [0, 0.05) is 25.5 Å². The minimum atomic E-state index is -4.69. The van der Waals surface area contributed by atoms with Gasteiger partial charge in [0.25, 0.3) is 0 Å². The molecule has 18 heavy (non-hydrogen) atoms. The summed E-state index contributed by atoms with van der Waals surface area (Å²) in [6, 6.07) is 0. The van der Waals surface area contributed by atoms with Gasteiger partial charge in [0.15, 0.2) is 7.37 Å². The summed E-state index contributed by atoms with van der Waals surface area (Å²) < 4.78 is 21.1. The maximum atomic E-state index is 11.0. The van der Waals surface area contributed by atoms with Crippen molar-refractivity contribution in [3.63, 3.8) is 0 Å². The monoisotopic (exact) mass is 325 g/mol. The Balaban J connectivity index is 0. The number of hydrogen-bond acceptors (Lipinski definition) is 5. The van der Waals surface area contributed by atoms with Crippen LogP contribution in [-0.2, 0) is 13.9 Å². The van der Waals surface area contributed by atoms with Crippen LogP contribution in [0.3, 0.4) is 0 Å². The number of carbonyl (C=O) groups is 1. The molecule has 0 aliphatic carbocycles. The summed E-state index contributed by atoms with van der Waals surface area (Å²) in [7, 11) is -7.67. The largest absolute Gasteiger partial charge is 2.00 e. The van der Waals surface area contributed by atoms with Crippen molar-refractivity contribution in [1.82, 2.24) is 5.32 Å². The van der Waals surface area contributed by atoms with Crippen molar-refractivity contribution in [2.75, 3.05) is 19.1 Å². The van der Waals surface area contributed by atoms with Gasteiger partial charge in [0.05, 0.1) is 0 Å². The molecule has 0 radical (unpaired) electrons. The molecule has 7 nitrogen and oxygen atoms in total. The molecule has 0 saturated heterocycles. The second-order valence-electron chi connectivity index (χ2n) is 3.95. The molecule has 0 heterocycles. The van der Waals surface area contributed by atoms with E-state index in [0.717, 1.165) is 0 Å². The van der Waals surface area contributed by atoms with Gasteiger partial charge in [-0.3, -0.25) is 9.36 Å². The molecular weight excluding hydrogens is 308 g/mol. The Labute approximate surface area is 136 Å². The molecule has 2 N–H and O–H groups in total. The van der Waals surface area contributed by atoms with Crippen LogP contribution in [0.2, 0.25) is 0 Å². The van der Waals surface area contributed by atoms with Crippen LogP contribution in [0.4, 0.5) is 0 Å². The Hall–Kier alpha value is 1.07. The van der Waals surface area contributed by atoms with E-state index in [2.05, 4.69) is 0 Å². The molecule has 0 aromatic heterocycles. The smallest absolute Gasteiger partial charge is 0.810 e. The summed E-state index contributed by atoms with van der Waals surface area (Å²) in [5.74, 6) is -0.499. The van der Waals surface area contributed by atoms with Crippen molar-refractivity contribution in [1.29, 1.82) is 0 Å². The first-order chi connectivity index (χ1) is 7.60. The number of carbonyl (C=O) groups excluding carboxylic acids is 1. The molecule has 0 spiro atoms. The van der Waals surface area contributed by atoms with E-state index in [9.17, 15) is 23.7 Å². The van der Waals surface area contributed by atoms with Crippen molar-refractivity contribution in [2.45, 2.75) is 25.7 Å². The minimum Gasteiger partial charge on any atom is -0.810 e. The zero-order chi connectivity index (χ0) is 13.5. The van der Waals surface area contributed by atoms with Gasteiger partial charge in [-0.1, -0.05) is 6.42 Å². The van der Waals surface area contributed by atoms with Crippen LogP contribution in [0.15, 0.2) is 0 Å². The molecule has 0 fully saturated rings. The molecule has 1 amide bonds. The maximum Gasteiger partial charge on any atom is 2.00 e. The van der Waals surface area contributed by atoms with Crippen molar-refractivity contribution >= 4 is 58.6 Å². The van der Waals surface area contributed by atoms with E-state index in [1.807, 2.05) is 5.32 Å². The molecule has 0 rings (SSSR count). The number of rotatable bonds is 8. The van der Waals surface area contributed by atoms with Crippen molar-refractivity contribution in [3.05, 3.63) is 0 Å². The molecular formula is C8H17CaNO6P2. The van der Waals surface area contributed by atoms with Gasteiger partial charge in [-0.25, -0.2) is 0 Å². The van der Waals surface area contributed by atoms with Crippen molar-refractivity contribution in [2.24, 2.45) is 0 Å². The first-order valence-electron chi connectivity index (χ1n) is 5.17. The fourth-order valence-corrected chi connectivity index (χ4v) is 2.32. The maximum absolute atomic E-state index is 11.0. The normalized spacial score (nSPS) is 14.4. The second kappa shape index (κ2) is 9.89. The van der Waals surface area contributed by atoms with Crippen LogP contribution in [0.1, 0.15) is 25.7 Å². The Morgan fingerprint density at radius 1 is 1.22 bits per heavy atom. The van der Waals surface area contributed by atoms with E-state index >= 15 is 0 Å². The standard InChI is InChI=1S/C8H19NO6P2.Ca/c1-16(11,12)6-4-2-3-5-8(10)9-7-17(13,14)15;/h2-7H2,1H3,(H,9,10)(H,11,12)(H2,13,14,15);/q;+2/p-2. The molecule has 0 saturated carbocycles. The molecule has 0 aromatic rings. The molecule has 10 heteroatoms. The molecule has 0 aromatic carbocycles. The van der Waals surface area contributed by atoms with Crippen LogP contribution in [0, 0.1) is 0 Å². The fraction of sp³-hybridized carbons (Fsp3) is 0.875. The zero-order valence-electron chi connectivity index (χ0n) is 10.3. The van der Waals surface area contributed by atoms with Crippen LogP contribution >= 0.6 is 15.0 Å². The van der Waals surface area contributed by atoms with E-state index in [4.69, 9.17) is 4.89 Å².